The van der Waals surface area contributed by atoms with E-state index < -0.39 is 5.41 Å². The molecule has 2 fully saturated rings. The van der Waals surface area contributed by atoms with Gasteiger partial charge in [-0.1, -0.05) is 73.5 Å². The van der Waals surface area contributed by atoms with Crippen LogP contribution < -0.4 is 0 Å². The lowest BCUT2D eigenvalue weighted by Gasteiger charge is -2.52. The summed E-state index contributed by atoms with van der Waals surface area (Å²) in [4.78, 5) is 21.8. The molecule has 3 aromatic rings. The van der Waals surface area contributed by atoms with Gasteiger partial charge in [0.2, 0.25) is 5.91 Å². The Hall–Kier alpha value is -2.62. The monoisotopic (exact) mass is 532 g/mol. The molecule has 2 aliphatic rings. The van der Waals surface area contributed by atoms with Crippen LogP contribution in [0.2, 0.25) is 10.0 Å². The zero-order chi connectivity index (χ0) is 26.2. The number of benzene rings is 2. The first-order valence-electron chi connectivity index (χ1n) is 13.3. The van der Waals surface area contributed by atoms with Crippen LogP contribution in [0.25, 0.3) is 0 Å². The number of nitrogens with zero attached hydrogens (tertiary/aromatic N) is 2. The number of piperidine rings is 1. The zero-order valence-electron chi connectivity index (χ0n) is 21.5. The van der Waals surface area contributed by atoms with E-state index >= 15 is 0 Å². The van der Waals surface area contributed by atoms with Gasteiger partial charge in [-0.05, 0) is 79.6 Å². The summed E-state index contributed by atoms with van der Waals surface area (Å²) in [5.74, 6) is 0.742. The van der Waals surface area contributed by atoms with Crippen molar-refractivity contribution in [1.82, 2.24) is 9.88 Å². The number of rotatable bonds is 8. The number of likely N-dealkylation sites (tertiary alicyclic amines) is 1. The molecule has 0 bridgehead atoms. The molecule has 2 heterocycles. The van der Waals surface area contributed by atoms with E-state index in [1.54, 1.807) is 0 Å². The molecule has 3 nitrogen and oxygen atoms in total. The van der Waals surface area contributed by atoms with Crippen LogP contribution >= 0.6 is 23.2 Å². The van der Waals surface area contributed by atoms with Gasteiger partial charge in [-0.25, -0.2) is 0 Å². The molecule has 1 aliphatic heterocycles. The van der Waals surface area contributed by atoms with Gasteiger partial charge in [-0.2, -0.15) is 0 Å². The number of halogens is 2. The third-order valence-electron chi connectivity index (χ3n) is 8.04. The number of hydrogen-bond acceptors (Lipinski definition) is 2. The van der Waals surface area contributed by atoms with E-state index in [1.807, 2.05) is 36.4 Å². The van der Waals surface area contributed by atoms with E-state index in [4.69, 9.17) is 28.2 Å². The first kappa shape index (κ1) is 26.0. The van der Waals surface area contributed by atoms with Crippen molar-refractivity contribution in [1.29, 1.82) is 0 Å². The largest absolute Gasteiger partial charge is 0.326 e. The number of aromatic nitrogens is 1. The molecule has 0 unspecified atom stereocenters. The van der Waals surface area contributed by atoms with Crippen LogP contribution in [0, 0.1) is 5.41 Å². The number of pyridine rings is 1. The van der Waals surface area contributed by atoms with Crippen LogP contribution in [-0.4, -0.2) is 15.8 Å². The maximum atomic E-state index is 14.5. The van der Waals surface area contributed by atoms with Gasteiger partial charge < -0.3 is 4.90 Å². The lowest BCUT2D eigenvalue weighted by Crippen LogP contribution is -2.53. The maximum absolute atomic E-state index is 14.5. The zero-order valence-corrected chi connectivity index (χ0v) is 23.1. The van der Waals surface area contributed by atoms with E-state index in [9.17, 15) is 4.79 Å². The van der Waals surface area contributed by atoms with Crippen LogP contribution in [0.15, 0.2) is 79.4 Å². The predicted octanol–water partition coefficient (Wildman–Crippen LogP) is 9.06. The van der Waals surface area contributed by atoms with Gasteiger partial charge in [-0.3, -0.25) is 9.78 Å². The summed E-state index contributed by atoms with van der Waals surface area (Å²) in [7, 11) is 0. The summed E-state index contributed by atoms with van der Waals surface area (Å²) < 4.78 is 0. The SMILES string of the molecule is C=CC[C@@]1(C)C[C@H](c2cccc(Cl)c2)[C@@H](c2ccc(Cl)cc2)N([C@H](CC)c2cccc(C3CC3)n2)C1=O. The highest BCUT2D eigenvalue weighted by molar-refractivity contribution is 6.30. The van der Waals surface area contributed by atoms with Crippen LogP contribution in [0.5, 0.6) is 0 Å². The minimum Gasteiger partial charge on any atom is -0.326 e. The second kappa shape index (κ2) is 10.6. The summed E-state index contributed by atoms with van der Waals surface area (Å²) in [6, 6.07) is 22.0. The lowest BCUT2D eigenvalue weighted by molar-refractivity contribution is -0.155. The molecule has 1 aliphatic carbocycles. The summed E-state index contributed by atoms with van der Waals surface area (Å²) in [5, 5.41) is 1.38. The summed E-state index contributed by atoms with van der Waals surface area (Å²) in [6.07, 6.45) is 6.34. The van der Waals surface area contributed by atoms with Crippen LogP contribution in [0.4, 0.5) is 0 Å². The molecule has 5 rings (SSSR count). The van der Waals surface area contributed by atoms with E-state index in [0.29, 0.717) is 28.8 Å². The maximum Gasteiger partial charge on any atom is 0.229 e. The van der Waals surface area contributed by atoms with Crippen molar-refractivity contribution in [2.75, 3.05) is 0 Å². The highest BCUT2D eigenvalue weighted by atomic mass is 35.5. The van der Waals surface area contributed by atoms with Crippen LogP contribution in [0.1, 0.15) is 92.4 Å². The molecule has 192 valence electrons. The highest BCUT2D eigenvalue weighted by Gasteiger charge is 2.51. The Balaban J connectivity index is 1.69. The average molecular weight is 534 g/mol. The molecular formula is C32H34Cl2N2O. The number of carbonyl (C=O) groups excluding carboxylic acids is 1. The molecule has 0 N–H and O–H groups in total. The Bertz CT molecular complexity index is 1290. The van der Waals surface area contributed by atoms with Gasteiger partial charge in [0, 0.05) is 27.6 Å². The molecule has 1 saturated heterocycles. The lowest BCUT2D eigenvalue weighted by atomic mass is 9.67. The second-order valence-corrected chi connectivity index (χ2v) is 11.7. The smallest absolute Gasteiger partial charge is 0.229 e. The third kappa shape index (κ3) is 5.22. The van der Waals surface area contributed by atoms with Crippen LogP contribution in [-0.2, 0) is 4.79 Å². The van der Waals surface area contributed by atoms with Gasteiger partial charge in [0.25, 0.3) is 0 Å². The van der Waals surface area contributed by atoms with Crippen molar-refractivity contribution in [2.24, 2.45) is 5.41 Å². The highest BCUT2D eigenvalue weighted by Crippen LogP contribution is 2.54. The average Bonchev–Trinajstić information content (AvgIpc) is 3.74. The van der Waals surface area contributed by atoms with Gasteiger partial charge in [0.15, 0.2) is 0 Å². The standard InChI is InChI=1S/C32H34Cl2N2O/c1-4-18-32(3)20-26(23-8-6-9-25(34)19-23)30(22-14-16-24(33)17-15-22)36(31(32)37)29(5-2)28-11-7-10-27(35-28)21-12-13-21/h4,6-11,14-17,19,21,26,29-30H,1,5,12-13,18,20H2,2-3H3/t26-,29-,30-,32+/m1/s1. The summed E-state index contributed by atoms with van der Waals surface area (Å²) in [6.45, 7) is 8.23. The normalized spacial score (nSPS) is 24.6. The molecule has 37 heavy (non-hydrogen) atoms. The molecule has 4 atom stereocenters. The Morgan fingerprint density at radius 3 is 2.43 bits per heavy atom. The second-order valence-electron chi connectivity index (χ2n) is 10.8. The fourth-order valence-corrected chi connectivity index (χ4v) is 6.37. The minimum atomic E-state index is -0.584. The predicted molar refractivity (Wildman–Crippen MR) is 152 cm³/mol. The van der Waals surface area contributed by atoms with E-state index in [-0.39, 0.29) is 23.9 Å². The Morgan fingerprint density at radius 2 is 1.78 bits per heavy atom. The third-order valence-corrected chi connectivity index (χ3v) is 8.52. The topological polar surface area (TPSA) is 33.2 Å². The molecule has 1 amide bonds. The molecule has 0 spiro atoms. The molecule has 5 heteroatoms. The summed E-state index contributed by atoms with van der Waals surface area (Å²) in [5.41, 5.74) is 3.73. The minimum absolute atomic E-state index is 0.0446. The first-order chi connectivity index (χ1) is 17.8. The molecular weight excluding hydrogens is 499 g/mol. The quantitative estimate of drug-likeness (QED) is 0.271. The van der Waals surface area contributed by atoms with Gasteiger partial charge >= 0.3 is 0 Å². The van der Waals surface area contributed by atoms with Crippen molar-refractivity contribution in [3.63, 3.8) is 0 Å². The van der Waals surface area contributed by atoms with Gasteiger partial charge in [0.05, 0.1) is 23.2 Å². The van der Waals surface area contributed by atoms with Crippen molar-refractivity contribution >= 4 is 29.1 Å². The van der Waals surface area contributed by atoms with Crippen LogP contribution in [0.3, 0.4) is 0 Å². The van der Waals surface area contributed by atoms with Crippen molar-refractivity contribution < 1.29 is 4.79 Å². The first-order valence-corrected chi connectivity index (χ1v) is 14.0. The number of carbonyl (C=O) groups is 1. The van der Waals surface area contributed by atoms with E-state index in [2.05, 4.69) is 61.7 Å². The molecule has 1 aromatic heterocycles. The summed E-state index contributed by atoms with van der Waals surface area (Å²) >= 11 is 12.8. The molecule has 0 radical (unpaired) electrons. The van der Waals surface area contributed by atoms with E-state index in [1.165, 1.54) is 12.8 Å². The fraction of sp³-hybridized carbons (Fsp3) is 0.375. The Morgan fingerprint density at radius 1 is 1.05 bits per heavy atom. The van der Waals surface area contributed by atoms with Gasteiger partial charge in [-0.15, -0.1) is 6.58 Å². The molecule has 1 saturated carbocycles. The van der Waals surface area contributed by atoms with Crippen molar-refractivity contribution in [2.45, 2.75) is 69.9 Å². The van der Waals surface area contributed by atoms with E-state index in [0.717, 1.165) is 28.9 Å². The number of hydrogen-bond donors (Lipinski definition) is 0. The fourth-order valence-electron chi connectivity index (χ4n) is 6.04. The number of amides is 1. The Kier molecular flexibility index (Phi) is 7.47. The molecule has 2 aromatic carbocycles. The van der Waals surface area contributed by atoms with Gasteiger partial charge in [0.1, 0.15) is 0 Å². The number of allylic oxidation sites excluding steroid dienone is 1. The van der Waals surface area contributed by atoms with Crippen molar-refractivity contribution in [3.8, 4) is 0 Å². The van der Waals surface area contributed by atoms with Crippen molar-refractivity contribution in [3.05, 3.63) is 112 Å². The Labute approximate surface area is 230 Å².